The fourth-order valence-corrected chi connectivity index (χ4v) is 3.18. The largest absolute Gasteiger partial charge is 0.363 e. The van der Waals surface area contributed by atoms with E-state index < -0.39 is 0 Å². The highest BCUT2D eigenvalue weighted by molar-refractivity contribution is 9.10. The molecule has 0 amide bonds. The van der Waals surface area contributed by atoms with Crippen molar-refractivity contribution in [1.29, 1.82) is 0 Å². The molecular weight excluding hydrogens is 334 g/mol. The van der Waals surface area contributed by atoms with Crippen LogP contribution in [0.2, 0.25) is 0 Å². The number of anilines is 1. The van der Waals surface area contributed by atoms with E-state index in [0.29, 0.717) is 11.6 Å². The van der Waals surface area contributed by atoms with Crippen LogP contribution >= 0.6 is 15.9 Å². The normalized spacial score (nSPS) is 18.8. The Kier molecular flexibility index (Phi) is 5.58. The van der Waals surface area contributed by atoms with Crippen molar-refractivity contribution in [2.24, 2.45) is 5.92 Å². The van der Waals surface area contributed by atoms with Gasteiger partial charge in [0.05, 0.1) is 4.92 Å². The number of hydrogen-bond acceptors (Lipinski definition) is 4. The number of nitro benzene ring substituents is 1. The molecule has 0 saturated carbocycles. The van der Waals surface area contributed by atoms with Gasteiger partial charge >= 0.3 is 0 Å². The van der Waals surface area contributed by atoms with Crippen LogP contribution in [0, 0.1) is 16.0 Å². The number of piperidine rings is 1. The second-order valence-electron chi connectivity index (χ2n) is 5.85. The van der Waals surface area contributed by atoms with Crippen LogP contribution in [0.4, 0.5) is 11.4 Å². The minimum absolute atomic E-state index is 0.168. The zero-order chi connectivity index (χ0) is 15.4. The fourth-order valence-electron chi connectivity index (χ4n) is 2.83. The molecule has 1 saturated heterocycles. The molecule has 1 aliphatic rings. The third-order valence-corrected chi connectivity index (χ3v) is 4.41. The number of nitrogens with one attached hydrogen (secondary N) is 1. The van der Waals surface area contributed by atoms with Gasteiger partial charge in [0.15, 0.2) is 0 Å². The zero-order valence-electron chi connectivity index (χ0n) is 12.5. The average Bonchev–Trinajstić information content (AvgIpc) is 2.46. The van der Waals surface area contributed by atoms with Gasteiger partial charge in [-0.05, 0) is 57.8 Å². The Bertz CT molecular complexity index is 502. The summed E-state index contributed by atoms with van der Waals surface area (Å²) in [6.07, 6.45) is 2.36. The van der Waals surface area contributed by atoms with Crippen LogP contribution in [0.5, 0.6) is 0 Å². The van der Waals surface area contributed by atoms with Crippen molar-refractivity contribution in [2.75, 3.05) is 24.5 Å². The SMILES string of the molecule is CC(C)N(CC1CCCNC1)c1ccc(Br)cc1[N+](=O)[O-]. The van der Waals surface area contributed by atoms with E-state index in [1.807, 2.05) is 12.1 Å². The Labute approximate surface area is 134 Å². The lowest BCUT2D eigenvalue weighted by molar-refractivity contribution is -0.384. The molecule has 1 aromatic rings. The van der Waals surface area contributed by atoms with Gasteiger partial charge < -0.3 is 10.2 Å². The summed E-state index contributed by atoms with van der Waals surface area (Å²) >= 11 is 3.32. The molecule has 116 valence electrons. The Hall–Kier alpha value is -1.14. The molecular formula is C15H22BrN3O2. The van der Waals surface area contributed by atoms with Gasteiger partial charge in [-0.1, -0.05) is 15.9 Å². The van der Waals surface area contributed by atoms with Crippen molar-refractivity contribution in [3.8, 4) is 0 Å². The summed E-state index contributed by atoms with van der Waals surface area (Å²) in [5.74, 6) is 0.546. The maximum atomic E-state index is 11.3. The molecule has 0 radical (unpaired) electrons. The first kappa shape index (κ1) is 16.2. The fraction of sp³-hybridized carbons (Fsp3) is 0.600. The molecule has 0 aliphatic carbocycles. The Morgan fingerprint density at radius 3 is 2.86 bits per heavy atom. The average molecular weight is 356 g/mol. The molecule has 6 heteroatoms. The molecule has 21 heavy (non-hydrogen) atoms. The highest BCUT2D eigenvalue weighted by Gasteiger charge is 2.25. The minimum Gasteiger partial charge on any atom is -0.363 e. The highest BCUT2D eigenvalue weighted by Crippen LogP contribution is 2.33. The number of nitrogens with zero attached hydrogens (tertiary/aromatic N) is 2. The van der Waals surface area contributed by atoms with Crippen molar-refractivity contribution in [2.45, 2.75) is 32.7 Å². The second kappa shape index (κ2) is 7.22. The summed E-state index contributed by atoms with van der Waals surface area (Å²) < 4.78 is 0.737. The Morgan fingerprint density at radius 1 is 1.52 bits per heavy atom. The van der Waals surface area contributed by atoms with Crippen LogP contribution in [-0.4, -0.2) is 30.6 Å². The maximum absolute atomic E-state index is 11.3. The lowest BCUT2D eigenvalue weighted by atomic mass is 9.98. The summed E-state index contributed by atoms with van der Waals surface area (Å²) in [6.45, 7) is 7.10. The van der Waals surface area contributed by atoms with Gasteiger partial charge in [-0.15, -0.1) is 0 Å². The van der Waals surface area contributed by atoms with Gasteiger partial charge in [0.25, 0.3) is 5.69 Å². The van der Waals surface area contributed by atoms with E-state index >= 15 is 0 Å². The molecule has 2 rings (SSSR count). The zero-order valence-corrected chi connectivity index (χ0v) is 14.1. The quantitative estimate of drug-likeness (QED) is 0.647. The number of hydrogen-bond donors (Lipinski definition) is 1. The van der Waals surface area contributed by atoms with Crippen molar-refractivity contribution in [3.05, 3.63) is 32.8 Å². The van der Waals surface area contributed by atoms with Gasteiger partial charge in [0, 0.05) is 23.1 Å². The highest BCUT2D eigenvalue weighted by atomic mass is 79.9. The third kappa shape index (κ3) is 4.17. The van der Waals surface area contributed by atoms with E-state index in [-0.39, 0.29) is 16.7 Å². The molecule has 1 fully saturated rings. The van der Waals surface area contributed by atoms with E-state index in [4.69, 9.17) is 0 Å². The molecule has 1 atom stereocenters. The van der Waals surface area contributed by atoms with E-state index in [9.17, 15) is 10.1 Å². The van der Waals surface area contributed by atoms with Crippen molar-refractivity contribution in [3.63, 3.8) is 0 Å². The predicted molar refractivity (Wildman–Crippen MR) is 88.9 cm³/mol. The van der Waals surface area contributed by atoms with Crippen molar-refractivity contribution >= 4 is 27.3 Å². The first-order chi connectivity index (χ1) is 9.99. The summed E-state index contributed by atoms with van der Waals surface area (Å²) in [7, 11) is 0. The number of halogens is 1. The standard InChI is InChI=1S/C15H22BrN3O2/c1-11(2)18(10-12-4-3-7-17-9-12)14-6-5-13(16)8-15(14)19(20)21/h5-6,8,11-12,17H,3-4,7,9-10H2,1-2H3. The molecule has 1 heterocycles. The Morgan fingerprint density at radius 2 is 2.29 bits per heavy atom. The summed E-state index contributed by atoms with van der Waals surface area (Å²) in [4.78, 5) is 13.2. The van der Waals surface area contributed by atoms with E-state index in [1.54, 1.807) is 6.07 Å². The lowest BCUT2D eigenvalue weighted by Gasteiger charge is -2.34. The monoisotopic (exact) mass is 355 g/mol. The molecule has 0 spiro atoms. The third-order valence-electron chi connectivity index (χ3n) is 3.92. The molecule has 0 bridgehead atoms. The predicted octanol–water partition coefficient (Wildman–Crippen LogP) is 3.57. The smallest absolute Gasteiger partial charge is 0.293 e. The first-order valence-corrected chi connectivity index (χ1v) is 8.19. The van der Waals surface area contributed by atoms with Gasteiger partial charge in [0.1, 0.15) is 5.69 Å². The number of benzene rings is 1. The van der Waals surface area contributed by atoms with E-state index in [2.05, 4.69) is 40.0 Å². The summed E-state index contributed by atoms with van der Waals surface area (Å²) in [6, 6.07) is 5.53. The van der Waals surface area contributed by atoms with Crippen LogP contribution in [0.1, 0.15) is 26.7 Å². The van der Waals surface area contributed by atoms with Crippen LogP contribution in [0.3, 0.4) is 0 Å². The topological polar surface area (TPSA) is 58.4 Å². The van der Waals surface area contributed by atoms with Crippen molar-refractivity contribution in [1.82, 2.24) is 5.32 Å². The second-order valence-corrected chi connectivity index (χ2v) is 6.76. The van der Waals surface area contributed by atoms with Crippen LogP contribution < -0.4 is 10.2 Å². The molecule has 0 aromatic heterocycles. The molecule has 1 aromatic carbocycles. The van der Waals surface area contributed by atoms with Gasteiger partial charge in [-0.25, -0.2) is 0 Å². The van der Waals surface area contributed by atoms with Crippen LogP contribution in [-0.2, 0) is 0 Å². The number of rotatable bonds is 5. The summed E-state index contributed by atoms with van der Waals surface area (Å²) in [5, 5.41) is 14.7. The van der Waals surface area contributed by atoms with Gasteiger partial charge in [-0.2, -0.15) is 0 Å². The van der Waals surface area contributed by atoms with E-state index in [1.165, 1.54) is 12.8 Å². The first-order valence-electron chi connectivity index (χ1n) is 7.40. The molecule has 1 aliphatic heterocycles. The van der Waals surface area contributed by atoms with Crippen LogP contribution in [0.25, 0.3) is 0 Å². The van der Waals surface area contributed by atoms with Crippen molar-refractivity contribution < 1.29 is 4.92 Å². The minimum atomic E-state index is -0.297. The molecule has 5 nitrogen and oxygen atoms in total. The van der Waals surface area contributed by atoms with Gasteiger partial charge in [-0.3, -0.25) is 10.1 Å². The molecule has 1 unspecified atom stereocenters. The summed E-state index contributed by atoms with van der Waals surface area (Å²) in [5.41, 5.74) is 0.880. The lowest BCUT2D eigenvalue weighted by Crippen LogP contribution is -2.41. The number of nitro groups is 1. The maximum Gasteiger partial charge on any atom is 0.293 e. The van der Waals surface area contributed by atoms with Crippen LogP contribution in [0.15, 0.2) is 22.7 Å². The Balaban J connectivity index is 2.27. The van der Waals surface area contributed by atoms with E-state index in [0.717, 1.165) is 24.1 Å². The molecule has 1 N–H and O–H groups in total. The van der Waals surface area contributed by atoms with Gasteiger partial charge in [0.2, 0.25) is 0 Å².